The predicted molar refractivity (Wildman–Crippen MR) is 108 cm³/mol. The normalized spacial score (nSPS) is 24.9. The first-order chi connectivity index (χ1) is 13.3. The van der Waals surface area contributed by atoms with Gasteiger partial charge in [0.1, 0.15) is 18.5 Å². The number of fused-ring (bicyclic) bond motifs is 1. The Morgan fingerprint density at radius 1 is 1.25 bits per heavy atom. The van der Waals surface area contributed by atoms with Gasteiger partial charge in [0, 0.05) is 20.0 Å². The summed E-state index contributed by atoms with van der Waals surface area (Å²) in [5, 5.41) is 10.3. The van der Waals surface area contributed by atoms with Gasteiger partial charge in [-0.2, -0.15) is 0 Å². The lowest BCUT2D eigenvalue weighted by Crippen LogP contribution is -2.53. The van der Waals surface area contributed by atoms with E-state index in [1.807, 2.05) is 42.2 Å². The average molecular weight is 383 g/mol. The van der Waals surface area contributed by atoms with Crippen LogP contribution < -0.4 is 0 Å². The van der Waals surface area contributed by atoms with Gasteiger partial charge in [0.2, 0.25) is 0 Å². The van der Waals surface area contributed by atoms with Crippen molar-refractivity contribution < 1.29 is 20.8 Å². The highest BCUT2D eigenvalue weighted by molar-refractivity contribution is 5.94. The van der Waals surface area contributed by atoms with Gasteiger partial charge in [-0.1, -0.05) is 36.4 Å². The molecule has 2 fully saturated rings. The van der Waals surface area contributed by atoms with Gasteiger partial charge in [0.15, 0.2) is 0 Å². The minimum absolute atomic E-state index is 0. The second-order valence-electron chi connectivity index (χ2n) is 8.26. The first-order valence-electron chi connectivity index (χ1n) is 9.75. The van der Waals surface area contributed by atoms with Crippen LogP contribution in [0.1, 0.15) is 48.7 Å². The van der Waals surface area contributed by atoms with Crippen LogP contribution >= 0.6 is 0 Å². The lowest BCUT2D eigenvalue weighted by atomic mass is 9.82. The zero-order chi connectivity index (χ0) is 19.9. The maximum Gasteiger partial charge on any atom is 0.253 e. The minimum Gasteiger partial charge on any atom is -0.386 e. The zero-order valence-corrected chi connectivity index (χ0v) is 16.6. The quantitative estimate of drug-likeness (QED) is 0.880. The molecule has 0 unspecified atom stereocenters. The highest BCUT2D eigenvalue weighted by Crippen LogP contribution is 2.42. The molecule has 28 heavy (non-hydrogen) atoms. The SMILES string of the molecule is Cc1cc(C(=O)N2CC[C@@]3(c4ccccc4)OCO[C@H]3C2)ccc1C(C)(C)O.[HH]. The third-order valence-electron chi connectivity index (χ3n) is 5.93. The van der Waals surface area contributed by atoms with E-state index in [1.165, 1.54) is 0 Å². The van der Waals surface area contributed by atoms with E-state index >= 15 is 0 Å². The number of amides is 1. The van der Waals surface area contributed by atoms with E-state index in [0.29, 0.717) is 25.1 Å². The number of hydrogen-bond acceptors (Lipinski definition) is 4. The topological polar surface area (TPSA) is 59.0 Å². The Bertz CT molecular complexity index is 880. The van der Waals surface area contributed by atoms with Crippen LogP contribution in [0, 0.1) is 6.92 Å². The Labute approximate surface area is 167 Å². The summed E-state index contributed by atoms with van der Waals surface area (Å²) >= 11 is 0. The summed E-state index contributed by atoms with van der Waals surface area (Å²) in [7, 11) is 0. The molecule has 5 heteroatoms. The third kappa shape index (κ3) is 3.24. The number of piperidine rings is 1. The molecular formula is C23H29NO4. The molecule has 5 nitrogen and oxygen atoms in total. The number of rotatable bonds is 3. The van der Waals surface area contributed by atoms with E-state index in [4.69, 9.17) is 9.47 Å². The molecule has 2 aromatic carbocycles. The van der Waals surface area contributed by atoms with Crippen molar-refractivity contribution in [3.05, 3.63) is 70.8 Å². The highest BCUT2D eigenvalue weighted by atomic mass is 16.7. The van der Waals surface area contributed by atoms with Crippen LogP contribution in [0.5, 0.6) is 0 Å². The van der Waals surface area contributed by atoms with Crippen LogP contribution in [-0.2, 0) is 20.7 Å². The summed E-state index contributed by atoms with van der Waals surface area (Å²) in [5.74, 6) is -0.0115. The summed E-state index contributed by atoms with van der Waals surface area (Å²) in [5.41, 5.74) is 2.08. The molecule has 0 aliphatic carbocycles. The van der Waals surface area contributed by atoms with Crippen molar-refractivity contribution in [3.8, 4) is 0 Å². The molecule has 0 radical (unpaired) electrons. The number of aliphatic hydroxyl groups is 1. The third-order valence-corrected chi connectivity index (χ3v) is 5.93. The first-order valence-corrected chi connectivity index (χ1v) is 9.75. The molecule has 2 atom stereocenters. The lowest BCUT2D eigenvalue weighted by molar-refractivity contribution is -0.0439. The van der Waals surface area contributed by atoms with Gasteiger partial charge in [-0.15, -0.1) is 0 Å². The zero-order valence-electron chi connectivity index (χ0n) is 16.6. The Balaban J connectivity index is 0.00000240. The van der Waals surface area contributed by atoms with Crippen molar-refractivity contribution in [1.29, 1.82) is 0 Å². The molecule has 0 spiro atoms. The van der Waals surface area contributed by atoms with Gasteiger partial charge in [-0.3, -0.25) is 4.79 Å². The smallest absolute Gasteiger partial charge is 0.253 e. The predicted octanol–water partition coefficient (Wildman–Crippen LogP) is 3.58. The molecule has 0 saturated carbocycles. The van der Waals surface area contributed by atoms with Crippen LogP contribution in [-0.4, -0.2) is 41.9 Å². The largest absolute Gasteiger partial charge is 0.386 e. The molecule has 0 bridgehead atoms. The van der Waals surface area contributed by atoms with Gasteiger partial charge in [0.25, 0.3) is 5.91 Å². The Kier molecular flexibility index (Phi) is 4.78. The molecule has 2 saturated heterocycles. The van der Waals surface area contributed by atoms with E-state index in [1.54, 1.807) is 19.9 Å². The molecular weight excluding hydrogens is 354 g/mol. The van der Waals surface area contributed by atoms with Crippen molar-refractivity contribution in [2.45, 2.75) is 44.5 Å². The van der Waals surface area contributed by atoms with E-state index in [-0.39, 0.29) is 20.2 Å². The van der Waals surface area contributed by atoms with Gasteiger partial charge in [-0.05, 0) is 49.6 Å². The van der Waals surface area contributed by atoms with Crippen LogP contribution in [0.2, 0.25) is 0 Å². The van der Waals surface area contributed by atoms with Crippen molar-refractivity contribution in [2.24, 2.45) is 0 Å². The number of ether oxygens (including phenoxy) is 2. The maximum atomic E-state index is 13.1. The fourth-order valence-corrected chi connectivity index (χ4v) is 4.46. The van der Waals surface area contributed by atoms with E-state index in [2.05, 4.69) is 12.1 Å². The van der Waals surface area contributed by atoms with E-state index in [9.17, 15) is 9.90 Å². The molecule has 2 aliphatic heterocycles. The van der Waals surface area contributed by atoms with Crippen LogP contribution in [0.15, 0.2) is 48.5 Å². The van der Waals surface area contributed by atoms with Gasteiger partial charge in [-0.25, -0.2) is 0 Å². The number of nitrogens with zero attached hydrogens (tertiary/aromatic N) is 1. The van der Waals surface area contributed by atoms with Crippen LogP contribution in [0.4, 0.5) is 0 Å². The first kappa shape index (κ1) is 19.1. The molecule has 4 rings (SSSR count). The van der Waals surface area contributed by atoms with Crippen molar-refractivity contribution in [2.75, 3.05) is 19.9 Å². The number of hydrogen-bond donors (Lipinski definition) is 1. The van der Waals surface area contributed by atoms with Crippen molar-refractivity contribution >= 4 is 5.91 Å². The van der Waals surface area contributed by atoms with Crippen LogP contribution in [0.25, 0.3) is 0 Å². The molecule has 1 N–H and O–H groups in total. The number of carbonyl (C=O) groups is 1. The van der Waals surface area contributed by atoms with Gasteiger partial charge < -0.3 is 19.5 Å². The summed E-state index contributed by atoms with van der Waals surface area (Å²) in [6.45, 7) is 6.79. The molecule has 150 valence electrons. The Morgan fingerprint density at radius 3 is 2.68 bits per heavy atom. The van der Waals surface area contributed by atoms with E-state index in [0.717, 1.165) is 16.7 Å². The minimum atomic E-state index is -0.929. The number of benzene rings is 2. The van der Waals surface area contributed by atoms with Gasteiger partial charge >= 0.3 is 0 Å². The summed E-state index contributed by atoms with van der Waals surface area (Å²) in [6, 6.07) is 15.6. The molecule has 0 aromatic heterocycles. The van der Waals surface area contributed by atoms with Gasteiger partial charge in [0.05, 0.1) is 12.1 Å². The molecule has 2 heterocycles. The standard InChI is InChI=1S/C23H27NO4.H2/c1-16-13-17(9-10-19(16)22(2,3)26)21(25)24-12-11-23(18-7-5-4-6-8-18)20(14-24)27-15-28-23;/h4-10,13,20,26H,11-12,14-15H2,1-3H3;1H/t20-,23-;/m0./s1. The summed E-state index contributed by atoms with van der Waals surface area (Å²) in [6.07, 6.45) is 0.526. The number of likely N-dealkylation sites (tertiary alicyclic amines) is 1. The second kappa shape index (κ2) is 6.99. The Morgan fingerprint density at radius 2 is 2.00 bits per heavy atom. The molecule has 1 amide bonds. The second-order valence-corrected chi connectivity index (χ2v) is 8.26. The summed E-state index contributed by atoms with van der Waals surface area (Å²) in [4.78, 5) is 15.0. The van der Waals surface area contributed by atoms with Crippen molar-refractivity contribution in [3.63, 3.8) is 0 Å². The van der Waals surface area contributed by atoms with Crippen molar-refractivity contribution in [1.82, 2.24) is 4.90 Å². The monoisotopic (exact) mass is 383 g/mol. The lowest BCUT2D eigenvalue weighted by Gasteiger charge is -2.42. The summed E-state index contributed by atoms with van der Waals surface area (Å²) < 4.78 is 11.9. The highest BCUT2D eigenvalue weighted by Gasteiger charge is 2.51. The maximum absolute atomic E-state index is 13.1. The fourth-order valence-electron chi connectivity index (χ4n) is 4.46. The fraction of sp³-hybridized carbons (Fsp3) is 0.435. The number of carbonyl (C=O) groups excluding carboxylic acids is 1. The Hall–Kier alpha value is -2.21. The molecule has 2 aliphatic rings. The average Bonchev–Trinajstić information content (AvgIpc) is 3.11. The van der Waals surface area contributed by atoms with E-state index < -0.39 is 11.2 Å². The van der Waals surface area contributed by atoms with Crippen LogP contribution in [0.3, 0.4) is 0 Å². The number of aryl methyl sites for hydroxylation is 1. The molecule has 2 aromatic rings.